The number of carbonyl (C=O) groups is 1. The zero-order chi connectivity index (χ0) is 15.9. The van der Waals surface area contributed by atoms with Crippen LogP contribution in [0.2, 0.25) is 0 Å². The second kappa shape index (κ2) is 8.00. The molecule has 1 saturated heterocycles. The summed E-state index contributed by atoms with van der Waals surface area (Å²) in [5.74, 6) is 1.36. The van der Waals surface area contributed by atoms with E-state index in [1.54, 1.807) is 14.2 Å². The fraction of sp³-hybridized carbons (Fsp3) is 0.562. The van der Waals surface area contributed by atoms with E-state index in [1.807, 2.05) is 18.2 Å². The predicted molar refractivity (Wildman–Crippen MR) is 84.8 cm³/mol. The standard InChI is InChI=1S/C16H25N3O3/c1-4-5-12-9-13(19-18-12)16(20)17-10-11-6-7-14(21-2)15(8-11)22-3/h6-8,12-13,18-19H,4-5,9-10H2,1-3H3,(H,17,20). The molecular formula is C16H25N3O3. The van der Waals surface area contributed by atoms with Crippen LogP contribution in [0.15, 0.2) is 18.2 Å². The Balaban J connectivity index is 1.86. The molecule has 1 aliphatic rings. The number of methoxy groups -OCH3 is 2. The monoisotopic (exact) mass is 307 g/mol. The zero-order valence-corrected chi connectivity index (χ0v) is 13.4. The van der Waals surface area contributed by atoms with Crippen LogP contribution in [0.4, 0.5) is 0 Å². The van der Waals surface area contributed by atoms with E-state index in [2.05, 4.69) is 23.1 Å². The van der Waals surface area contributed by atoms with Crippen molar-refractivity contribution in [2.75, 3.05) is 14.2 Å². The Morgan fingerprint density at radius 1 is 1.27 bits per heavy atom. The first kappa shape index (κ1) is 16.6. The Labute approximate surface area is 131 Å². The number of rotatable bonds is 7. The van der Waals surface area contributed by atoms with Crippen LogP contribution < -0.4 is 25.6 Å². The van der Waals surface area contributed by atoms with Crippen molar-refractivity contribution in [2.45, 2.75) is 44.8 Å². The van der Waals surface area contributed by atoms with E-state index in [9.17, 15) is 4.79 Å². The molecule has 122 valence electrons. The molecule has 22 heavy (non-hydrogen) atoms. The number of benzene rings is 1. The summed E-state index contributed by atoms with van der Waals surface area (Å²) in [6.45, 7) is 2.61. The molecule has 1 fully saturated rings. The Bertz CT molecular complexity index is 507. The van der Waals surface area contributed by atoms with Gasteiger partial charge in [0.2, 0.25) is 5.91 Å². The lowest BCUT2D eigenvalue weighted by Crippen LogP contribution is -2.43. The molecule has 2 atom stereocenters. The van der Waals surface area contributed by atoms with Crippen molar-refractivity contribution in [3.8, 4) is 11.5 Å². The average molecular weight is 307 g/mol. The third-order valence-electron chi connectivity index (χ3n) is 3.85. The van der Waals surface area contributed by atoms with Crippen LogP contribution in [0.1, 0.15) is 31.7 Å². The third kappa shape index (κ3) is 4.11. The second-order valence-corrected chi connectivity index (χ2v) is 5.47. The number of hydrogen-bond donors (Lipinski definition) is 3. The maximum atomic E-state index is 12.2. The first-order valence-electron chi connectivity index (χ1n) is 7.67. The van der Waals surface area contributed by atoms with Crippen molar-refractivity contribution in [3.63, 3.8) is 0 Å². The van der Waals surface area contributed by atoms with Crippen molar-refractivity contribution in [2.24, 2.45) is 0 Å². The largest absolute Gasteiger partial charge is 0.493 e. The van der Waals surface area contributed by atoms with Gasteiger partial charge in [-0.2, -0.15) is 0 Å². The number of nitrogens with one attached hydrogen (secondary N) is 3. The summed E-state index contributed by atoms with van der Waals surface area (Å²) >= 11 is 0. The lowest BCUT2D eigenvalue weighted by atomic mass is 10.1. The van der Waals surface area contributed by atoms with Crippen LogP contribution in [0.25, 0.3) is 0 Å². The van der Waals surface area contributed by atoms with Gasteiger partial charge in [0, 0.05) is 12.6 Å². The molecule has 0 radical (unpaired) electrons. The second-order valence-electron chi connectivity index (χ2n) is 5.47. The fourth-order valence-electron chi connectivity index (χ4n) is 2.63. The molecule has 1 amide bonds. The quantitative estimate of drug-likeness (QED) is 0.709. The molecule has 1 heterocycles. The molecule has 1 aromatic carbocycles. The molecule has 1 aliphatic heterocycles. The van der Waals surface area contributed by atoms with Gasteiger partial charge in [-0.05, 0) is 30.5 Å². The molecule has 0 aromatic heterocycles. The molecule has 0 aliphatic carbocycles. The number of ether oxygens (including phenoxy) is 2. The van der Waals surface area contributed by atoms with Gasteiger partial charge in [-0.25, -0.2) is 5.43 Å². The molecule has 0 spiro atoms. The van der Waals surface area contributed by atoms with E-state index >= 15 is 0 Å². The van der Waals surface area contributed by atoms with Gasteiger partial charge in [0.15, 0.2) is 11.5 Å². The van der Waals surface area contributed by atoms with Crippen LogP contribution in [0.3, 0.4) is 0 Å². The molecule has 0 bridgehead atoms. The predicted octanol–water partition coefficient (Wildman–Crippen LogP) is 1.36. The highest BCUT2D eigenvalue weighted by Gasteiger charge is 2.28. The van der Waals surface area contributed by atoms with E-state index < -0.39 is 0 Å². The molecule has 2 rings (SSSR count). The third-order valence-corrected chi connectivity index (χ3v) is 3.85. The van der Waals surface area contributed by atoms with E-state index in [0.29, 0.717) is 24.1 Å². The molecule has 2 unspecified atom stereocenters. The Morgan fingerprint density at radius 3 is 2.73 bits per heavy atom. The van der Waals surface area contributed by atoms with Gasteiger partial charge in [-0.1, -0.05) is 19.4 Å². The number of amides is 1. The van der Waals surface area contributed by atoms with Crippen molar-refractivity contribution in [3.05, 3.63) is 23.8 Å². The van der Waals surface area contributed by atoms with E-state index in [1.165, 1.54) is 0 Å². The van der Waals surface area contributed by atoms with Crippen LogP contribution >= 0.6 is 0 Å². The lowest BCUT2D eigenvalue weighted by molar-refractivity contribution is -0.123. The summed E-state index contributed by atoms with van der Waals surface area (Å²) < 4.78 is 10.5. The topological polar surface area (TPSA) is 71.6 Å². The van der Waals surface area contributed by atoms with Gasteiger partial charge in [-0.3, -0.25) is 10.2 Å². The molecular weight excluding hydrogens is 282 g/mol. The first-order chi connectivity index (χ1) is 10.7. The van der Waals surface area contributed by atoms with E-state index in [-0.39, 0.29) is 11.9 Å². The zero-order valence-electron chi connectivity index (χ0n) is 13.4. The van der Waals surface area contributed by atoms with Crippen LogP contribution in [0.5, 0.6) is 11.5 Å². The Kier molecular flexibility index (Phi) is 6.03. The minimum absolute atomic E-state index is 0.0147. The fourth-order valence-corrected chi connectivity index (χ4v) is 2.63. The van der Waals surface area contributed by atoms with Crippen molar-refractivity contribution >= 4 is 5.91 Å². The average Bonchev–Trinajstić information content (AvgIpc) is 3.01. The Morgan fingerprint density at radius 2 is 2.05 bits per heavy atom. The van der Waals surface area contributed by atoms with Crippen molar-refractivity contribution < 1.29 is 14.3 Å². The Hall–Kier alpha value is -1.79. The van der Waals surface area contributed by atoms with Crippen molar-refractivity contribution in [1.82, 2.24) is 16.2 Å². The molecule has 0 saturated carbocycles. The summed E-state index contributed by atoms with van der Waals surface area (Å²) in [5, 5.41) is 2.95. The van der Waals surface area contributed by atoms with Gasteiger partial charge >= 0.3 is 0 Å². The van der Waals surface area contributed by atoms with Gasteiger partial charge < -0.3 is 14.8 Å². The maximum Gasteiger partial charge on any atom is 0.238 e. The maximum absolute atomic E-state index is 12.2. The minimum atomic E-state index is -0.170. The number of hydrazine groups is 1. The highest BCUT2D eigenvalue weighted by molar-refractivity contribution is 5.82. The van der Waals surface area contributed by atoms with Crippen LogP contribution in [-0.2, 0) is 11.3 Å². The van der Waals surface area contributed by atoms with E-state index in [4.69, 9.17) is 9.47 Å². The lowest BCUT2D eigenvalue weighted by Gasteiger charge is -2.12. The highest BCUT2D eigenvalue weighted by Crippen LogP contribution is 2.27. The first-order valence-corrected chi connectivity index (χ1v) is 7.67. The molecule has 1 aromatic rings. The summed E-state index contributed by atoms with van der Waals surface area (Å²) in [5.41, 5.74) is 7.21. The van der Waals surface area contributed by atoms with Crippen LogP contribution in [0, 0.1) is 0 Å². The number of carbonyl (C=O) groups excluding carboxylic acids is 1. The van der Waals surface area contributed by atoms with Crippen LogP contribution in [-0.4, -0.2) is 32.2 Å². The normalized spacial score (nSPS) is 20.7. The van der Waals surface area contributed by atoms with Gasteiger partial charge in [-0.15, -0.1) is 0 Å². The summed E-state index contributed by atoms with van der Waals surface area (Å²) in [6, 6.07) is 5.84. The minimum Gasteiger partial charge on any atom is -0.493 e. The summed E-state index contributed by atoms with van der Waals surface area (Å²) in [7, 11) is 3.20. The molecule has 6 nitrogen and oxygen atoms in total. The summed E-state index contributed by atoms with van der Waals surface area (Å²) in [6.07, 6.45) is 3.01. The number of hydrogen-bond acceptors (Lipinski definition) is 5. The van der Waals surface area contributed by atoms with Gasteiger partial charge in [0.1, 0.15) is 6.04 Å². The summed E-state index contributed by atoms with van der Waals surface area (Å²) in [4.78, 5) is 12.2. The van der Waals surface area contributed by atoms with Gasteiger partial charge in [0.25, 0.3) is 0 Å². The SMILES string of the molecule is CCCC1CC(C(=O)NCc2ccc(OC)c(OC)c2)NN1. The smallest absolute Gasteiger partial charge is 0.238 e. The highest BCUT2D eigenvalue weighted by atomic mass is 16.5. The molecule has 6 heteroatoms. The van der Waals surface area contributed by atoms with Gasteiger partial charge in [0.05, 0.1) is 14.2 Å². The van der Waals surface area contributed by atoms with Crippen molar-refractivity contribution in [1.29, 1.82) is 0 Å². The molecule has 3 N–H and O–H groups in total. The van der Waals surface area contributed by atoms with E-state index in [0.717, 1.165) is 24.8 Å².